The van der Waals surface area contributed by atoms with E-state index >= 15 is 0 Å². The van der Waals surface area contributed by atoms with Crippen molar-refractivity contribution in [2.45, 2.75) is 32.7 Å². The summed E-state index contributed by atoms with van der Waals surface area (Å²) in [5.74, 6) is 0.689. The van der Waals surface area contributed by atoms with Crippen LogP contribution in [0, 0.1) is 19.7 Å². The number of halogens is 1. The van der Waals surface area contributed by atoms with Crippen molar-refractivity contribution in [3.8, 4) is 0 Å². The zero-order chi connectivity index (χ0) is 15.7. The molecule has 0 aromatic carbocycles. The molecule has 0 radical (unpaired) electrons. The van der Waals surface area contributed by atoms with Crippen LogP contribution >= 0.6 is 0 Å². The Hall–Kier alpha value is -2.31. The highest BCUT2D eigenvalue weighted by atomic mass is 19.1. The second-order valence-corrected chi connectivity index (χ2v) is 5.55. The Balaban J connectivity index is 1.80. The van der Waals surface area contributed by atoms with E-state index in [1.165, 1.54) is 12.3 Å². The number of nitrogens with zero attached hydrogens (tertiary/aromatic N) is 5. The lowest BCUT2D eigenvalue weighted by Crippen LogP contribution is -2.41. The summed E-state index contributed by atoms with van der Waals surface area (Å²) in [7, 11) is 0. The maximum atomic E-state index is 13.7. The molecule has 1 aliphatic rings. The van der Waals surface area contributed by atoms with E-state index in [-0.39, 0.29) is 17.5 Å². The van der Waals surface area contributed by atoms with Gasteiger partial charge in [0.2, 0.25) is 0 Å². The van der Waals surface area contributed by atoms with Gasteiger partial charge in [-0.1, -0.05) is 0 Å². The van der Waals surface area contributed by atoms with E-state index in [2.05, 4.69) is 15.1 Å². The minimum Gasteiger partial charge on any atom is -0.336 e. The number of carbonyl (C=O) groups is 1. The fourth-order valence-electron chi connectivity index (χ4n) is 2.94. The van der Waals surface area contributed by atoms with Crippen LogP contribution < -0.4 is 0 Å². The number of pyridine rings is 1. The second-order valence-electron chi connectivity index (χ2n) is 5.55. The third kappa shape index (κ3) is 2.70. The number of hydrogen-bond donors (Lipinski definition) is 0. The predicted octanol–water partition coefficient (Wildman–Crippen LogP) is 1.91. The molecule has 2 aromatic heterocycles. The van der Waals surface area contributed by atoms with E-state index in [9.17, 15) is 9.18 Å². The maximum Gasteiger partial charge on any atom is 0.257 e. The molecule has 1 fully saturated rings. The lowest BCUT2D eigenvalue weighted by Gasteiger charge is -2.33. The first-order chi connectivity index (χ1) is 10.6. The van der Waals surface area contributed by atoms with Crippen LogP contribution in [-0.2, 0) is 0 Å². The van der Waals surface area contributed by atoms with E-state index in [1.807, 2.05) is 18.5 Å². The standard InChI is InChI=1S/C15H18FN5O/c1-10-18-11(2)21(19-10)12-4-3-7-20(9-12)15(22)13-5-6-17-8-14(13)16/h5-6,8,12H,3-4,7,9H2,1-2H3/t12-/m0/s1. The van der Waals surface area contributed by atoms with E-state index in [0.717, 1.165) is 30.7 Å². The summed E-state index contributed by atoms with van der Waals surface area (Å²) in [5.41, 5.74) is 0.0714. The number of piperidine rings is 1. The number of rotatable bonds is 2. The molecular weight excluding hydrogens is 285 g/mol. The smallest absolute Gasteiger partial charge is 0.257 e. The third-order valence-electron chi connectivity index (χ3n) is 3.94. The normalized spacial score (nSPS) is 18.5. The quantitative estimate of drug-likeness (QED) is 0.850. The number of likely N-dealkylation sites (tertiary alicyclic amines) is 1. The third-order valence-corrected chi connectivity index (χ3v) is 3.94. The van der Waals surface area contributed by atoms with E-state index in [1.54, 1.807) is 4.90 Å². The molecule has 1 saturated heterocycles. The van der Waals surface area contributed by atoms with Crippen LogP contribution in [0.1, 0.15) is 40.9 Å². The monoisotopic (exact) mass is 303 g/mol. The molecular formula is C15H18FN5O. The molecule has 3 heterocycles. The van der Waals surface area contributed by atoms with Crippen molar-refractivity contribution in [3.05, 3.63) is 41.5 Å². The van der Waals surface area contributed by atoms with Gasteiger partial charge in [0.25, 0.3) is 5.91 Å². The van der Waals surface area contributed by atoms with Gasteiger partial charge >= 0.3 is 0 Å². The lowest BCUT2D eigenvalue weighted by atomic mass is 10.0. The van der Waals surface area contributed by atoms with Gasteiger partial charge in [0, 0.05) is 19.3 Å². The molecule has 1 atom stereocenters. The van der Waals surface area contributed by atoms with Gasteiger partial charge in [0.05, 0.1) is 17.8 Å². The summed E-state index contributed by atoms with van der Waals surface area (Å²) in [6, 6.07) is 1.51. The van der Waals surface area contributed by atoms with Crippen molar-refractivity contribution < 1.29 is 9.18 Å². The molecule has 6 nitrogen and oxygen atoms in total. The van der Waals surface area contributed by atoms with Gasteiger partial charge in [-0.3, -0.25) is 9.78 Å². The Labute approximate surface area is 128 Å². The highest BCUT2D eigenvalue weighted by Gasteiger charge is 2.28. The molecule has 2 aromatic rings. The summed E-state index contributed by atoms with van der Waals surface area (Å²) in [4.78, 5) is 22.2. The topological polar surface area (TPSA) is 63.9 Å². The molecule has 0 aliphatic carbocycles. The highest BCUT2D eigenvalue weighted by Crippen LogP contribution is 2.23. The summed E-state index contributed by atoms with van der Waals surface area (Å²) in [5, 5.41) is 4.40. The number of hydrogen-bond acceptors (Lipinski definition) is 4. The van der Waals surface area contributed by atoms with Crippen LogP contribution in [0.3, 0.4) is 0 Å². The number of aromatic nitrogens is 4. The van der Waals surface area contributed by atoms with E-state index < -0.39 is 5.82 Å². The Bertz CT molecular complexity index is 699. The Morgan fingerprint density at radius 1 is 1.41 bits per heavy atom. The average molecular weight is 303 g/mol. The molecule has 1 aliphatic heterocycles. The first-order valence-corrected chi connectivity index (χ1v) is 7.35. The zero-order valence-electron chi connectivity index (χ0n) is 12.7. The van der Waals surface area contributed by atoms with Gasteiger partial charge in [-0.25, -0.2) is 14.1 Å². The van der Waals surface area contributed by atoms with Crippen molar-refractivity contribution in [3.63, 3.8) is 0 Å². The number of aryl methyl sites for hydroxylation is 2. The van der Waals surface area contributed by atoms with Crippen molar-refractivity contribution in [2.75, 3.05) is 13.1 Å². The van der Waals surface area contributed by atoms with Crippen LogP contribution in [0.25, 0.3) is 0 Å². The summed E-state index contributed by atoms with van der Waals surface area (Å²) in [6.07, 6.45) is 4.30. The molecule has 3 rings (SSSR count). The van der Waals surface area contributed by atoms with Gasteiger partial charge in [0.1, 0.15) is 11.6 Å². The SMILES string of the molecule is Cc1nc(C)n([C@H]2CCCN(C(=O)c3ccncc3F)C2)n1. The average Bonchev–Trinajstić information content (AvgIpc) is 2.86. The largest absolute Gasteiger partial charge is 0.336 e. The Kier molecular flexibility index (Phi) is 3.87. The first-order valence-electron chi connectivity index (χ1n) is 7.35. The molecule has 116 valence electrons. The zero-order valence-corrected chi connectivity index (χ0v) is 12.7. The van der Waals surface area contributed by atoms with Gasteiger partial charge < -0.3 is 4.90 Å². The van der Waals surface area contributed by atoms with E-state index in [0.29, 0.717) is 13.1 Å². The van der Waals surface area contributed by atoms with Crippen LogP contribution in [0.5, 0.6) is 0 Å². The van der Waals surface area contributed by atoms with Crippen LogP contribution in [-0.4, -0.2) is 43.6 Å². The van der Waals surface area contributed by atoms with Crippen LogP contribution in [0.2, 0.25) is 0 Å². The van der Waals surface area contributed by atoms with Crippen molar-refractivity contribution in [2.24, 2.45) is 0 Å². The Morgan fingerprint density at radius 3 is 2.91 bits per heavy atom. The molecule has 22 heavy (non-hydrogen) atoms. The van der Waals surface area contributed by atoms with E-state index in [4.69, 9.17) is 0 Å². The molecule has 0 spiro atoms. The second kappa shape index (κ2) is 5.82. The van der Waals surface area contributed by atoms with Crippen LogP contribution in [0.4, 0.5) is 4.39 Å². The van der Waals surface area contributed by atoms with Crippen molar-refractivity contribution >= 4 is 5.91 Å². The lowest BCUT2D eigenvalue weighted by molar-refractivity contribution is 0.0666. The number of carbonyl (C=O) groups excluding carboxylic acids is 1. The fourth-order valence-corrected chi connectivity index (χ4v) is 2.94. The molecule has 0 N–H and O–H groups in total. The predicted molar refractivity (Wildman–Crippen MR) is 77.9 cm³/mol. The summed E-state index contributed by atoms with van der Waals surface area (Å²) >= 11 is 0. The molecule has 0 bridgehead atoms. The summed E-state index contributed by atoms with van der Waals surface area (Å²) in [6.45, 7) is 4.90. The van der Waals surface area contributed by atoms with Gasteiger partial charge in [0.15, 0.2) is 5.82 Å². The Morgan fingerprint density at radius 2 is 2.23 bits per heavy atom. The molecule has 7 heteroatoms. The minimum absolute atomic E-state index is 0.0714. The van der Waals surface area contributed by atoms with Gasteiger partial charge in [-0.15, -0.1) is 0 Å². The summed E-state index contributed by atoms with van der Waals surface area (Å²) < 4.78 is 15.6. The van der Waals surface area contributed by atoms with Crippen molar-refractivity contribution in [1.29, 1.82) is 0 Å². The van der Waals surface area contributed by atoms with Gasteiger partial charge in [-0.05, 0) is 32.8 Å². The molecule has 0 unspecified atom stereocenters. The molecule has 1 amide bonds. The maximum absolute atomic E-state index is 13.7. The van der Waals surface area contributed by atoms with Gasteiger partial charge in [-0.2, -0.15) is 5.10 Å². The molecule has 0 saturated carbocycles. The highest BCUT2D eigenvalue weighted by molar-refractivity contribution is 5.94. The first kappa shape index (κ1) is 14.6. The van der Waals surface area contributed by atoms with Crippen LogP contribution in [0.15, 0.2) is 18.5 Å². The van der Waals surface area contributed by atoms with Crippen molar-refractivity contribution in [1.82, 2.24) is 24.6 Å². The fraction of sp³-hybridized carbons (Fsp3) is 0.467. The minimum atomic E-state index is -0.581. The number of amides is 1.